The van der Waals surface area contributed by atoms with Gasteiger partial charge in [-0.15, -0.1) is 0 Å². The highest BCUT2D eigenvalue weighted by molar-refractivity contribution is 9.10. The molecule has 1 amide bonds. The van der Waals surface area contributed by atoms with Crippen LogP contribution in [0.3, 0.4) is 0 Å². The smallest absolute Gasteiger partial charge is 0.416 e. The molecule has 0 bridgehead atoms. The third kappa shape index (κ3) is 6.41. The summed E-state index contributed by atoms with van der Waals surface area (Å²) in [5, 5.41) is 11.2. The van der Waals surface area contributed by atoms with Crippen LogP contribution in [-0.4, -0.2) is 23.2 Å². The predicted molar refractivity (Wildman–Crippen MR) is 165 cm³/mol. The van der Waals surface area contributed by atoms with Crippen LogP contribution in [0.5, 0.6) is 11.5 Å². The standard InChI is InChI=1S/C34H25BrF3N3O2/c35-27-13-15-28(16-14-27)43-32-17-12-26(34(36,37)38)19-30(32)39-21-33(42)41-31(23-7-2-1-3-8-23)20-29(40-41)25-11-10-22-6-4-5-9-24(22)18-25/h1-19,31,39H,20-21H2/t31-/m0/s1. The minimum Gasteiger partial charge on any atom is -0.455 e. The molecule has 5 aromatic carbocycles. The number of alkyl halides is 3. The van der Waals surface area contributed by atoms with Crippen LogP contribution in [-0.2, 0) is 11.0 Å². The van der Waals surface area contributed by atoms with Gasteiger partial charge in [-0.1, -0.05) is 82.7 Å². The number of anilines is 1. The van der Waals surface area contributed by atoms with Crippen LogP contribution < -0.4 is 10.1 Å². The van der Waals surface area contributed by atoms with Crippen LogP contribution in [0.2, 0.25) is 0 Å². The fraction of sp³-hybridized carbons (Fsp3) is 0.118. The first-order chi connectivity index (χ1) is 20.7. The van der Waals surface area contributed by atoms with Gasteiger partial charge in [-0.2, -0.15) is 18.3 Å². The molecular formula is C34H25BrF3N3O2. The van der Waals surface area contributed by atoms with Crippen molar-refractivity contribution in [1.82, 2.24) is 5.01 Å². The molecule has 0 fully saturated rings. The monoisotopic (exact) mass is 643 g/mol. The first-order valence-corrected chi connectivity index (χ1v) is 14.4. The molecule has 0 saturated heterocycles. The third-order valence-electron chi connectivity index (χ3n) is 7.21. The van der Waals surface area contributed by atoms with Crippen LogP contribution >= 0.6 is 15.9 Å². The number of carbonyl (C=O) groups is 1. The van der Waals surface area contributed by atoms with Gasteiger partial charge in [0.05, 0.1) is 29.5 Å². The number of amides is 1. The number of hydrazone groups is 1. The molecule has 0 unspecified atom stereocenters. The van der Waals surface area contributed by atoms with Crippen molar-refractivity contribution in [1.29, 1.82) is 0 Å². The summed E-state index contributed by atoms with van der Waals surface area (Å²) in [6.07, 6.45) is -4.07. The zero-order valence-corrected chi connectivity index (χ0v) is 24.3. The van der Waals surface area contributed by atoms with E-state index in [2.05, 4.69) is 27.3 Å². The zero-order chi connectivity index (χ0) is 30.0. The molecule has 1 aliphatic heterocycles. The van der Waals surface area contributed by atoms with E-state index < -0.39 is 17.6 Å². The molecule has 9 heteroatoms. The summed E-state index contributed by atoms with van der Waals surface area (Å²) in [5.41, 5.74) is 1.76. The average Bonchev–Trinajstić information content (AvgIpc) is 3.47. The van der Waals surface area contributed by atoms with Gasteiger partial charge in [0.15, 0.2) is 5.75 Å². The van der Waals surface area contributed by atoms with Gasteiger partial charge in [0.25, 0.3) is 5.91 Å². The van der Waals surface area contributed by atoms with E-state index in [4.69, 9.17) is 9.84 Å². The van der Waals surface area contributed by atoms with Gasteiger partial charge < -0.3 is 10.1 Å². The lowest BCUT2D eigenvalue weighted by atomic mass is 9.97. The van der Waals surface area contributed by atoms with Gasteiger partial charge in [-0.3, -0.25) is 4.79 Å². The van der Waals surface area contributed by atoms with E-state index >= 15 is 0 Å². The Bertz CT molecular complexity index is 1810. The molecule has 0 aliphatic carbocycles. The summed E-state index contributed by atoms with van der Waals surface area (Å²) < 4.78 is 47.5. The van der Waals surface area contributed by atoms with Crippen LogP contribution in [0.25, 0.3) is 10.8 Å². The number of rotatable bonds is 7. The average molecular weight is 644 g/mol. The minimum absolute atomic E-state index is 0.0419. The van der Waals surface area contributed by atoms with Crippen LogP contribution in [0.1, 0.15) is 29.2 Å². The molecule has 6 rings (SSSR count). The second-order valence-electron chi connectivity index (χ2n) is 10.1. The fourth-order valence-corrected chi connectivity index (χ4v) is 5.30. The Morgan fingerprint density at radius 1 is 0.884 bits per heavy atom. The van der Waals surface area contributed by atoms with Crippen molar-refractivity contribution in [2.45, 2.75) is 18.6 Å². The number of hydrogen-bond donors (Lipinski definition) is 1. The maximum absolute atomic E-state index is 13.7. The van der Waals surface area contributed by atoms with Crippen molar-refractivity contribution < 1.29 is 22.7 Å². The second kappa shape index (κ2) is 11.9. The van der Waals surface area contributed by atoms with E-state index in [0.29, 0.717) is 12.2 Å². The molecular weight excluding hydrogens is 619 g/mol. The molecule has 0 aromatic heterocycles. The molecule has 43 heavy (non-hydrogen) atoms. The summed E-state index contributed by atoms with van der Waals surface area (Å²) in [6.45, 7) is -0.296. The van der Waals surface area contributed by atoms with Gasteiger partial charge >= 0.3 is 6.18 Å². The molecule has 1 aliphatic rings. The van der Waals surface area contributed by atoms with Crippen LogP contribution in [0.15, 0.2) is 125 Å². The number of nitrogens with zero attached hydrogens (tertiary/aromatic N) is 2. The van der Waals surface area contributed by atoms with E-state index in [1.807, 2.05) is 66.7 Å². The Balaban J connectivity index is 1.28. The number of hydrogen-bond acceptors (Lipinski definition) is 4. The van der Waals surface area contributed by atoms with Gasteiger partial charge in [0, 0.05) is 10.9 Å². The Labute approximate surface area is 254 Å². The SMILES string of the molecule is O=C(CNc1cc(C(F)(F)F)ccc1Oc1ccc(Br)cc1)N1N=C(c2ccc3ccccc3c2)C[C@H]1c1ccccc1. The number of fused-ring (bicyclic) bond motifs is 1. The Hall–Kier alpha value is -4.63. The number of benzene rings is 5. The van der Waals surface area contributed by atoms with Crippen molar-refractivity contribution in [2.24, 2.45) is 5.10 Å². The molecule has 1 N–H and O–H groups in total. The van der Waals surface area contributed by atoms with E-state index in [1.54, 1.807) is 24.3 Å². The second-order valence-corrected chi connectivity index (χ2v) is 11.0. The highest BCUT2D eigenvalue weighted by atomic mass is 79.9. The first-order valence-electron chi connectivity index (χ1n) is 13.6. The van der Waals surface area contributed by atoms with Gasteiger partial charge in [-0.05, 0) is 70.4 Å². The quantitative estimate of drug-likeness (QED) is 0.192. The minimum atomic E-state index is -4.57. The van der Waals surface area contributed by atoms with Crippen molar-refractivity contribution in [3.8, 4) is 11.5 Å². The molecule has 1 atom stereocenters. The lowest BCUT2D eigenvalue weighted by Gasteiger charge is -2.23. The van der Waals surface area contributed by atoms with E-state index in [1.165, 1.54) is 11.1 Å². The summed E-state index contributed by atoms with van der Waals surface area (Å²) in [4.78, 5) is 13.7. The zero-order valence-electron chi connectivity index (χ0n) is 22.7. The maximum atomic E-state index is 13.7. The molecule has 216 valence electrons. The van der Waals surface area contributed by atoms with Gasteiger partial charge in [0.1, 0.15) is 5.75 Å². The Morgan fingerprint density at radius 2 is 1.60 bits per heavy atom. The van der Waals surface area contributed by atoms with Gasteiger partial charge in [0.2, 0.25) is 0 Å². The summed E-state index contributed by atoms with van der Waals surface area (Å²) in [5.74, 6) is 0.201. The summed E-state index contributed by atoms with van der Waals surface area (Å²) >= 11 is 3.36. The molecule has 0 saturated carbocycles. The lowest BCUT2D eigenvalue weighted by molar-refractivity contribution is -0.137. The third-order valence-corrected chi connectivity index (χ3v) is 7.74. The summed E-state index contributed by atoms with van der Waals surface area (Å²) in [6, 6.07) is 33.3. The highest BCUT2D eigenvalue weighted by Crippen LogP contribution is 2.38. The molecule has 1 heterocycles. The van der Waals surface area contributed by atoms with Crippen molar-refractivity contribution in [2.75, 3.05) is 11.9 Å². The maximum Gasteiger partial charge on any atom is 0.416 e. The molecule has 0 radical (unpaired) electrons. The lowest BCUT2D eigenvalue weighted by Crippen LogP contribution is -2.32. The van der Waals surface area contributed by atoms with Crippen LogP contribution in [0, 0.1) is 0 Å². The normalized spacial score (nSPS) is 14.9. The van der Waals surface area contributed by atoms with E-state index in [-0.39, 0.29) is 24.0 Å². The van der Waals surface area contributed by atoms with Crippen LogP contribution in [0.4, 0.5) is 18.9 Å². The molecule has 5 aromatic rings. The number of carbonyl (C=O) groups excluding carboxylic acids is 1. The summed E-state index contributed by atoms with van der Waals surface area (Å²) in [7, 11) is 0. The van der Waals surface area contributed by atoms with Crippen molar-refractivity contribution >= 4 is 44.0 Å². The highest BCUT2D eigenvalue weighted by Gasteiger charge is 2.34. The van der Waals surface area contributed by atoms with Crippen molar-refractivity contribution in [3.05, 3.63) is 136 Å². The molecule has 0 spiro atoms. The number of halogens is 4. The predicted octanol–water partition coefficient (Wildman–Crippen LogP) is 9.20. The Morgan fingerprint density at radius 3 is 2.35 bits per heavy atom. The van der Waals surface area contributed by atoms with Crippen molar-refractivity contribution in [3.63, 3.8) is 0 Å². The largest absolute Gasteiger partial charge is 0.455 e. The topological polar surface area (TPSA) is 53.9 Å². The Kier molecular flexibility index (Phi) is 7.90. The number of nitrogens with one attached hydrogen (secondary N) is 1. The first kappa shape index (κ1) is 28.5. The van der Waals surface area contributed by atoms with E-state index in [0.717, 1.165) is 44.2 Å². The van der Waals surface area contributed by atoms with E-state index in [9.17, 15) is 18.0 Å². The molecule has 5 nitrogen and oxygen atoms in total. The number of ether oxygens (including phenoxy) is 1. The fourth-order valence-electron chi connectivity index (χ4n) is 5.03. The van der Waals surface area contributed by atoms with Gasteiger partial charge in [-0.25, -0.2) is 5.01 Å².